The Kier molecular flexibility index (Phi) is 3.36. The van der Waals surface area contributed by atoms with Crippen molar-refractivity contribution in [3.63, 3.8) is 0 Å². The maximum atomic E-state index is 6.05. The Hall–Kier alpha value is -0.0800. The van der Waals surface area contributed by atoms with Crippen LogP contribution in [0.25, 0.3) is 0 Å². The minimum atomic E-state index is 0.256. The van der Waals surface area contributed by atoms with Crippen molar-refractivity contribution in [1.29, 1.82) is 0 Å². The molecule has 1 aliphatic carbocycles. The zero-order chi connectivity index (χ0) is 10.9. The zero-order valence-corrected chi connectivity index (χ0v) is 10.2. The van der Waals surface area contributed by atoms with Crippen molar-refractivity contribution in [2.75, 3.05) is 6.61 Å². The third kappa shape index (κ3) is 2.36. The molecule has 3 atom stereocenters. The van der Waals surface area contributed by atoms with E-state index >= 15 is 0 Å². The van der Waals surface area contributed by atoms with E-state index in [1.165, 1.54) is 38.5 Å². The Morgan fingerprint density at radius 3 is 2.53 bits per heavy atom. The minimum Gasteiger partial charge on any atom is -0.375 e. The van der Waals surface area contributed by atoms with Gasteiger partial charge in [0.2, 0.25) is 0 Å². The van der Waals surface area contributed by atoms with Gasteiger partial charge in [-0.15, -0.1) is 0 Å². The van der Waals surface area contributed by atoms with Crippen molar-refractivity contribution < 1.29 is 4.74 Å². The molecule has 0 aromatic rings. The van der Waals surface area contributed by atoms with Crippen molar-refractivity contribution >= 4 is 0 Å². The molecule has 2 N–H and O–H groups in total. The van der Waals surface area contributed by atoms with Crippen LogP contribution in [0.1, 0.15) is 52.4 Å². The number of hydrogen-bond donors (Lipinski definition) is 1. The molecule has 1 saturated heterocycles. The van der Waals surface area contributed by atoms with Gasteiger partial charge >= 0.3 is 0 Å². The minimum absolute atomic E-state index is 0.256. The Labute approximate surface area is 93.6 Å². The van der Waals surface area contributed by atoms with Gasteiger partial charge in [-0.05, 0) is 44.4 Å². The summed E-state index contributed by atoms with van der Waals surface area (Å²) in [5.41, 5.74) is 6.27. The molecule has 1 spiro atoms. The summed E-state index contributed by atoms with van der Waals surface area (Å²) in [6.07, 6.45) is 7.77. The van der Waals surface area contributed by atoms with Crippen molar-refractivity contribution in [3.8, 4) is 0 Å². The first-order valence-corrected chi connectivity index (χ1v) is 6.52. The summed E-state index contributed by atoms with van der Waals surface area (Å²) in [5.74, 6) is 1.43. The summed E-state index contributed by atoms with van der Waals surface area (Å²) in [5, 5.41) is 0. The number of rotatable bonds is 2. The summed E-state index contributed by atoms with van der Waals surface area (Å²) in [6, 6.07) is 0.326. The molecule has 2 aliphatic rings. The molecule has 1 heterocycles. The Morgan fingerprint density at radius 1 is 1.27 bits per heavy atom. The molecule has 2 rings (SSSR count). The third-order valence-electron chi connectivity index (χ3n) is 4.62. The highest BCUT2D eigenvalue weighted by atomic mass is 16.5. The highest BCUT2D eigenvalue weighted by molar-refractivity contribution is 4.93. The maximum Gasteiger partial charge on any atom is 0.0685 e. The first-order chi connectivity index (χ1) is 7.13. The van der Waals surface area contributed by atoms with E-state index in [1.807, 2.05) is 0 Å². The monoisotopic (exact) mass is 211 g/mol. The predicted octanol–water partition coefficient (Wildman–Crippen LogP) is 2.71. The van der Waals surface area contributed by atoms with Crippen LogP contribution in [0.5, 0.6) is 0 Å². The molecule has 2 nitrogen and oxygen atoms in total. The normalized spacial score (nSPS) is 34.2. The van der Waals surface area contributed by atoms with E-state index in [9.17, 15) is 0 Å². The fourth-order valence-corrected chi connectivity index (χ4v) is 3.31. The second kappa shape index (κ2) is 4.42. The van der Waals surface area contributed by atoms with E-state index in [0.717, 1.165) is 12.5 Å². The van der Waals surface area contributed by atoms with Crippen LogP contribution in [0, 0.1) is 11.8 Å². The Morgan fingerprint density at radius 2 is 1.93 bits per heavy atom. The van der Waals surface area contributed by atoms with E-state index in [-0.39, 0.29) is 5.60 Å². The van der Waals surface area contributed by atoms with Crippen molar-refractivity contribution in [3.05, 3.63) is 0 Å². The second-order valence-electron chi connectivity index (χ2n) is 5.71. The van der Waals surface area contributed by atoms with E-state index in [2.05, 4.69) is 13.8 Å². The molecule has 1 saturated carbocycles. The highest BCUT2D eigenvalue weighted by Gasteiger charge is 2.41. The van der Waals surface area contributed by atoms with Crippen LogP contribution in [0.2, 0.25) is 0 Å². The lowest BCUT2D eigenvalue weighted by atomic mass is 9.76. The lowest BCUT2D eigenvalue weighted by molar-refractivity contribution is -0.102. The summed E-state index contributed by atoms with van der Waals surface area (Å²) in [6.45, 7) is 5.41. The van der Waals surface area contributed by atoms with Crippen LogP contribution in [0.3, 0.4) is 0 Å². The number of ether oxygens (including phenoxy) is 1. The molecule has 2 heteroatoms. The topological polar surface area (TPSA) is 35.2 Å². The van der Waals surface area contributed by atoms with Gasteiger partial charge < -0.3 is 10.5 Å². The first kappa shape index (κ1) is 11.4. The summed E-state index contributed by atoms with van der Waals surface area (Å²) in [4.78, 5) is 0. The van der Waals surface area contributed by atoms with Gasteiger partial charge in [0.1, 0.15) is 0 Å². The summed E-state index contributed by atoms with van der Waals surface area (Å²) >= 11 is 0. The van der Waals surface area contributed by atoms with Crippen molar-refractivity contribution in [2.45, 2.75) is 64.0 Å². The van der Waals surface area contributed by atoms with Gasteiger partial charge in [0.25, 0.3) is 0 Å². The molecule has 1 aliphatic heterocycles. The van der Waals surface area contributed by atoms with Crippen molar-refractivity contribution in [1.82, 2.24) is 0 Å². The number of hydrogen-bond acceptors (Lipinski definition) is 2. The lowest BCUT2D eigenvalue weighted by Crippen LogP contribution is -2.42. The van der Waals surface area contributed by atoms with E-state index < -0.39 is 0 Å². The van der Waals surface area contributed by atoms with Gasteiger partial charge in [-0.2, -0.15) is 0 Å². The Balaban J connectivity index is 1.97. The molecule has 3 unspecified atom stereocenters. The first-order valence-electron chi connectivity index (χ1n) is 6.52. The quantitative estimate of drug-likeness (QED) is 0.762. The summed E-state index contributed by atoms with van der Waals surface area (Å²) in [7, 11) is 0. The maximum absolute atomic E-state index is 6.05. The van der Waals surface area contributed by atoms with Gasteiger partial charge in [0, 0.05) is 12.6 Å². The smallest absolute Gasteiger partial charge is 0.0685 e. The Bertz CT molecular complexity index is 209. The molecular formula is C13H25NO. The van der Waals surface area contributed by atoms with E-state index in [4.69, 9.17) is 10.5 Å². The average Bonchev–Trinajstić information content (AvgIpc) is 2.65. The standard InChI is InChI=1S/C13H25NO/c1-10(11(2)14)12-5-8-15-13(9-12)6-3-4-7-13/h10-12H,3-9,14H2,1-2H3. The van der Waals surface area contributed by atoms with Crippen LogP contribution in [-0.2, 0) is 4.74 Å². The summed E-state index contributed by atoms with van der Waals surface area (Å²) < 4.78 is 6.05. The lowest BCUT2D eigenvalue weighted by Gasteiger charge is -2.41. The molecule has 0 aromatic carbocycles. The molecular weight excluding hydrogens is 186 g/mol. The van der Waals surface area contributed by atoms with Gasteiger partial charge in [-0.1, -0.05) is 19.8 Å². The molecule has 88 valence electrons. The highest BCUT2D eigenvalue weighted by Crippen LogP contribution is 2.44. The fourth-order valence-electron chi connectivity index (χ4n) is 3.31. The second-order valence-corrected chi connectivity index (χ2v) is 5.71. The van der Waals surface area contributed by atoms with Gasteiger partial charge in [0.05, 0.1) is 5.60 Å². The largest absolute Gasteiger partial charge is 0.375 e. The SMILES string of the molecule is CC(N)C(C)C1CCOC2(CCCC2)C1. The fraction of sp³-hybridized carbons (Fsp3) is 1.00. The number of nitrogens with two attached hydrogens (primary N) is 1. The van der Waals surface area contributed by atoms with Crippen LogP contribution in [0.4, 0.5) is 0 Å². The molecule has 15 heavy (non-hydrogen) atoms. The molecule has 0 amide bonds. The predicted molar refractivity (Wildman–Crippen MR) is 62.7 cm³/mol. The molecule has 2 fully saturated rings. The van der Waals surface area contributed by atoms with Gasteiger partial charge in [0.15, 0.2) is 0 Å². The van der Waals surface area contributed by atoms with Crippen LogP contribution in [-0.4, -0.2) is 18.2 Å². The van der Waals surface area contributed by atoms with E-state index in [0.29, 0.717) is 12.0 Å². The average molecular weight is 211 g/mol. The third-order valence-corrected chi connectivity index (χ3v) is 4.62. The van der Waals surface area contributed by atoms with Crippen LogP contribution >= 0.6 is 0 Å². The zero-order valence-electron chi connectivity index (χ0n) is 10.2. The van der Waals surface area contributed by atoms with Crippen molar-refractivity contribution in [2.24, 2.45) is 17.6 Å². The molecule has 0 bridgehead atoms. The van der Waals surface area contributed by atoms with Crippen LogP contribution in [0.15, 0.2) is 0 Å². The van der Waals surface area contributed by atoms with E-state index in [1.54, 1.807) is 0 Å². The molecule has 0 radical (unpaired) electrons. The van der Waals surface area contributed by atoms with Gasteiger partial charge in [-0.25, -0.2) is 0 Å². The van der Waals surface area contributed by atoms with Crippen LogP contribution < -0.4 is 5.73 Å². The molecule has 0 aromatic heterocycles. The van der Waals surface area contributed by atoms with Gasteiger partial charge in [-0.3, -0.25) is 0 Å².